The van der Waals surface area contributed by atoms with Crippen molar-refractivity contribution < 1.29 is 0 Å². The molecule has 27 heavy (non-hydrogen) atoms. The molecule has 0 saturated carbocycles. The van der Waals surface area contributed by atoms with E-state index >= 15 is 0 Å². The molecule has 0 aromatic heterocycles. The van der Waals surface area contributed by atoms with Crippen molar-refractivity contribution in [1.29, 1.82) is 0 Å². The second-order valence-electron chi connectivity index (χ2n) is 6.67. The van der Waals surface area contributed by atoms with E-state index in [2.05, 4.69) is 104 Å². The van der Waals surface area contributed by atoms with Crippen LogP contribution >= 0.6 is 23.5 Å². The lowest BCUT2D eigenvalue weighted by atomic mass is 9.97. The summed E-state index contributed by atoms with van der Waals surface area (Å²) in [6.45, 7) is 6.72. The van der Waals surface area contributed by atoms with Crippen molar-refractivity contribution in [2.45, 2.75) is 11.5 Å². The van der Waals surface area contributed by atoms with Crippen molar-refractivity contribution in [1.82, 2.24) is 0 Å². The van der Waals surface area contributed by atoms with Gasteiger partial charge in [0, 0.05) is 15.7 Å². The van der Waals surface area contributed by atoms with Crippen LogP contribution in [0.2, 0.25) is 0 Å². The Hall–Kier alpha value is -2.16. The van der Waals surface area contributed by atoms with Crippen molar-refractivity contribution in [2.24, 2.45) is 5.92 Å². The standard InChI is InChI=1S/C25H22S2/c1-18(20-12-6-3-7-13-20)19(2)25-26-23(21-14-8-4-9-15-21)24(27-25)22-16-10-5-11-17-22/h3-17,19,25H,1H2,2H3. The Balaban J connectivity index is 1.65. The summed E-state index contributed by atoms with van der Waals surface area (Å²) in [6.07, 6.45) is 0. The zero-order valence-corrected chi connectivity index (χ0v) is 17.0. The van der Waals surface area contributed by atoms with Crippen molar-refractivity contribution in [3.63, 3.8) is 0 Å². The van der Waals surface area contributed by atoms with Gasteiger partial charge in [-0.1, -0.05) is 104 Å². The summed E-state index contributed by atoms with van der Waals surface area (Å²) in [5, 5.41) is 0. The average Bonchev–Trinajstić information content (AvgIpc) is 3.20. The SMILES string of the molecule is C=C(c1ccccc1)C(C)C1SC(c2ccccc2)=C(c2ccccc2)S1. The van der Waals surface area contributed by atoms with Crippen LogP contribution in [0.4, 0.5) is 0 Å². The quantitative estimate of drug-likeness (QED) is 0.441. The van der Waals surface area contributed by atoms with Crippen molar-refractivity contribution in [2.75, 3.05) is 0 Å². The van der Waals surface area contributed by atoms with Gasteiger partial charge in [-0.05, 0) is 22.3 Å². The van der Waals surface area contributed by atoms with Gasteiger partial charge >= 0.3 is 0 Å². The largest absolute Gasteiger partial charge is 0.109 e. The van der Waals surface area contributed by atoms with Gasteiger partial charge in [-0.25, -0.2) is 0 Å². The van der Waals surface area contributed by atoms with Crippen molar-refractivity contribution >= 4 is 38.9 Å². The van der Waals surface area contributed by atoms with Crippen LogP contribution in [-0.4, -0.2) is 4.58 Å². The molecule has 0 spiro atoms. The third-order valence-electron chi connectivity index (χ3n) is 4.85. The molecule has 0 amide bonds. The summed E-state index contributed by atoms with van der Waals surface area (Å²) in [5.41, 5.74) is 5.05. The van der Waals surface area contributed by atoms with E-state index in [1.807, 2.05) is 23.5 Å². The summed E-state index contributed by atoms with van der Waals surface area (Å²) in [7, 11) is 0. The second-order valence-corrected chi connectivity index (χ2v) is 9.28. The average molecular weight is 387 g/mol. The van der Waals surface area contributed by atoms with Gasteiger partial charge < -0.3 is 0 Å². The molecular weight excluding hydrogens is 364 g/mol. The maximum atomic E-state index is 4.42. The minimum atomic E-state index is 0.377. The lowest BCUT2D eigenvalue weighted by molar-refractivity contribution is 0.842. The van der Waals surface area contributed by atoms with Crippen LogP contribution in [-0.2, 0) is 0 Å². The van der Waals surface area contributed by atoms with E-state index < -0.39 is 0 Å². The number of hydrogen-bond acceptors (Lipinski definition) is 2. The molecule has 3 aromatic rings. The van der Waals surface area contributed by atoms with Crippen LogP contribution in [0.1, 0.15) is 23.6 Å². The molecule has 0 nitrogen and oxygen atoms in total. The molecule has 0 saturated heterocycles. The minimum absolute atomic E-state index is 0.377. The highest BCUT2D eigenvalue weighted by Crippen LogP contribution is 2.58. The van der Waals surface area contributed by atoms with Gasteiger partial charge in [0.05, 0.1) is 4.58 Å². The van der Waals surface area contributed by atoms with E-state index in [1.165, 1.54) is 32.1 Å². The smallest absolute Gasteiger partial charge is 0.0663 e. The fraction of sp³-hybridized carbons (Fsp3) is 0.120. The molecule has 0 fully saturated rings. The number of benzene rings is 3. The number of hydrogen-bond donors (Lipinski definition) is 0. The van der Waals surface area contributed by atoms with Crippen LogP contribution in [0.15, 0.2) is 97.6 Å². The lowest BCUT2D eigenvalue weighted by Gasteiger charge is -2.21. The molecule has 1 unspecified atom stereocenters. The Morgan fingerprint density at radius 2 is 1.11 bits per heavy atom. The summed E-state index contributed by atoms with van der Waals surface area (Å²) < 4.78 is 0.420. The summed E-state index contributed by atoms with van der Waals surface area (Å²) in [5.74, 6) is 0.377. The van der Waals surface area contributed by atoms with Gasteiger partial charge in [0.25, 0.3) is 0 Å². The number of allylic oxidation sites excluding steroid dienone is 1. The normalized spacial score (nSPS) is 15.7. The third-order valence-corrected chi connectivity index (χ3v) is 8.19. The Morgan fingerprint density at radius 3 is 1.56 bits per heavy atom. The number of rotatable bonds is 5. The van der Waals surface area contributed by atoms with Crippen LogP contribution in [0.5, 0.6) is 0 Å². The first kappa shape index (κ1) is 18.2. The molecule has 4 rings (SSSR count). The van der Waals surface area contributed by atoms with E-state index in [-0.39, 0.29) is 0 Å². The zero-order valence-electron chi connectivity index (χ0n) is 15.3. The lowest BCUT2D eigenvalue weighted by Crippen LogP contribution is -2.09. The topological polar surface area (TPSA) is 0 Å². The minimum Gasteiger partial charge on any atom is -0.109 e. The van der Waals surface area contributed by atoms with E-state index in [0.717, 1.165) is 0 Å². The Bertz CT molecular complexity index is 892. The first-order valence-corrected chi connectivity index (χ1v) is 10.9. The summed E-state index contributed by atoms with van der Waals surface area (Å²) >= 11 is 3.96. The van der Waals surface area contributed by atoms with Gasteiger partial charge in [-0.3, -0.25) is 0 Å². The van der Waals surface area contributed by atoms with Gasteiger partial charge in [-0.15, -0.1) is 23.5 Å². The van der Waals surface area contributed by atoms with Gasteiger partial charge in [0.15, 0.2) is 0 Å². The van der Waals surface area contributed by atoms with Crippen molar-refractivity contribution in [3.05, 3.63) is 114 Å². The fourth-order valence-corrected chi connectivity index (χ4v) is 6.48. The molecule has 0 bridgehead atoms. The van der Waals surface area contributed by atoms with Crippen LogP contribution in [0, 0.1) is 5.92 Å². The first-order chi connectivity index (χ1) is 13.2. The Labute approximate surface area is 170 Å². The van der Waals surface area contributed by atoms with E-state index in [4.69, 9.17) is 0 Å². The first-order valence-electron chi connectivity index (χ1n) is 9.16. The molecule has 134 valence electrons. The molecule has 1 heterocycles. The summed E-state index contributed by atoms with van der Waals surface area (Å²) in [4.78, 5) is 2.76. The predicted octanol–water partition coefficient (Wildman–Crippen LogP) is 7.67. The van der Waals surface area contributed by atoms with Crippen LogP contribution < -0.4 is 0 Å². The molecule has 3 aromatic carbocycles. The molecule has 0 N–H and O–H groups in total. The zero-order chi connectivity index (χ0) is 18.6. The van der Waals surface area contributed by atoms with Crippen LogP contribution in [0.3, 0.4) is 0 Å². The molecule has 0 aliphatic carbocycles. The monoisotopic (exact) mass is 386 g/mol. The van der Waals surface area contributed by atoms with E-state index in [1.54, 1.807) is 0 Å². The molecule has 1 atom stereocenters. The van der Waals surface area contributed by atoms with Gasteiger partial charge in [0.1, 0.15) is 0 Å². The van der Waals surface area contributed by atoms with Crippen molar-refractivity contribution in [3.8, 4) is 0 Å². The summed E-state index contributed by atoms with van der Waals surface area (Å²) in [6, 6.07) is 32.1. The van der Waals surface area contributed by atoms with Crippen LogP contribution in [0.25, 0.3) is 15.4 Å². The molecule has 1 aliphatic heterocycles. The highest BCUT2D eigenvalue weighted by atomic mass is 32.2. The molecule has 1 aliphatic rings. The van der Waals surface area contributed by atoms with E-state index in [0.29, 0.717) is 10.5 Å². The third kappa shape index (κ3) is 3.92. The highest BCUT2D eigenvalue weighted by Gasteiger charge is 2.32. The molecular formula is C25H22S2. The Kier molecular flexibility index (Phi) is 5.56. The van der Waals surface area contributed by atoms with E-state index in [9.17, 15) is 0 Å². The molecule has 0 radical (unpaired) electrons. The van der Waals surface area contributed by atoms with Gasteiger partial charge in [-0.2, -0.15) is 0 Å². The second kappa shape index (κ2) is 8.24. The maximum Gasteiger partial charge on any atom is 0.0663 e. The predicted molar refractivity (Wildman–Crippen MR) is 123 cm³/mol. The Morgan fingerprint density at radius 1 is 0.704 bits per heavy atom. The fourth-order valence-electron chi connectivity index (χ4n) is 3.22. The molecule has 2 heteroatoms. The number of thioether (sulfide) groups is 2. The maximum absolute atomic E-state index is 4.42. The van der Waals surface area contributed by atoms with Gasteiger partial charge in [0.2, 0.25) is 0 Å². The highest BCUT2D eigenvalue weighted by molar-refractivity contribution is 8.29.